The van der Waals surface area contributed by atoms with Gasteiger partial charge in [-0.2, -0.15) is 0 Å². The zero-order valence-corrected chi connectivity index (χ0v) is 37.8. The summed E-state index contributed by atoms with van der Waals surface area (Å²) in [6.45, 7) is 2.46. The van der Waals surface area contributed by atoms with Gasteiger partial charge in [0.15, 0.2) is 8.07 Å². The van der Waals surface area contributed by atoms with Crippen LogP contribution in [0, 0.1) is 0 Å². The van der Waals surface area contributed by atoms with E-state index in [4.69, 9.17) is 0 Å². The molecule has 314 valence electrons. The minimum Gasteiger partial charge on any atom is -0.333 e. The number of para-hydroxylation sites is 3. The Balaban J connectivity index is 1.10. The molecule has 0 spiro atoms. The summed E-state index contributed by atoms with van der Waals surface area (Å²) in [5.41, 5.74) is 12.1. The average molecular weight is 862 g/mol. The van der Waals surface area contributed by atoms with Gasteiger partial charge in [0.1, 0.15) is 0 Å². The largest absolute Gasteiger partial charge is 0.333 e. The second-order valence-electron chi connectivity index (χ2n) is 18.1. The second kappa shape index (κ2) is 15.1. The van der Waals surface area contributed by atoms with Gasteiger partial charge in [0.25, 0.3) is 0 Å². The first-order valence-corrected chi connectivity index (χ1v) is 25.2. The summed E-state index contributed by atoms with van der Waals surface area (Å²) in [4.78, 5) is 2.65. The molecular weight excluding hydrogens is 815 g/mol. The number of fused-ring (bicyclic) bond motifs is 10. The predicted molar refractivity (Wildman–Crippen MR) is 282 cm³/mol. The van der Waals surface area contributed by atoms with Crippen molar-refractivity contribution in [3.05, 3.63) is 253 Å². The quantitative estimate of drug-likeness (QED) is 0.115. The summed E-state index contributed by atoms with van der Waals surface area (Å²) in [5.74, 6) is 0. The van der Waals surface area contributed by atoms with E-state index in [1.54, 1.807) is 0 Å². The van der Waals surface area contributed by atoms with E-state index >= 15 is 0 Å². The summed E-state index contributed by atoms with van der Waals surface area (Å²) in [6, 6.07) is 75.1. The number of aromatic nitrogens is 2. The van der Waals surface area contributed by atoms with Crippen molar-refractivity contribution in [2.75, 3.05) is 4.90 Å². The van der Waals surface area contributed by atoms with Gasteiger partial charge in [-0.25, -0.2) is 0 Å². The van der Waals surface area contributed by atoms with Gasteiger partial charge in [-0.1, -0.05) is 182 Å². The van der Waals surface area contributed by atoms with Crippen molar-refractivity contribution in [3.8, 4) is 11.4 Å². The van der Waals surface area contributed by atoms with E-state index in [9.17, 15) is 0 Å². The van der Waals surface area contributed by atoms with Crippen molar-refractivity contribution in [2.45, 2.75) is 24.8 Å². The number of anilines is 2. The van der Waals surface area contributed by atoms with Gasteiger partial charge in [-0.05, 0) is 106 Å². The molecule has 3 aliphatic rings. The molecule has 0 radical (unpaired) electrons. The van der Waals surface area contributed by atoms with Gasteiger partial charge in [0, 0.05) is 49.9 Å². The van der Waals surface area contributed by atoms with Crippen LogP contribution < -0.4 is 25.6 Å². The first-order chi connectivity index (χ1) is 32.7. The maximum absolute atomic E-state index is 3.10. The monoisotopic (exact) mass is 861 g/mol. The van der Waals surface area contributed by atoms with Crippen LogP contribution in [0.5, 0.6) is 0 Å². The van der Waals surface area contributed by atoms with Gasteiger partial charge in [-0.15, -0.1) is 0 Å². The highest BCUT2D eigenvalue weighted by molar-refractivity contribution is 7.20. The lowest BCUT2D eigenvalue weighted by molar-refractivity contribution is 0.554. The van der Waals surface area contributed by atoms with Crippen molar-refractivity contribution < 1.29 is 0 Å². The molecule has 0 saturated carbocycles. The third-order valence-corrected chi connectivity index (χ3v) is 19.5. The highest BCUT2D eigenvalue weighted by Crippen LogP contribution is 2.55. The SMILES string of the molecule is C[C@@]12C=CC=CC1N(c1cccc([Si](c3ccccc3)(c3ccccc3)c3cccc4c3c3ccccc3n4-c3ccccc3)c1)c1ccc3c(c4c(n3-c3ccccc3)C=CCC=C4)c12. The number of rotatable bonds is 7. The molecule has 10 aromatic rings. The molecule has 1 unspecified atom stereocenters. The second-order valence-corrected chi connectivity index (χ2v) is 21.9. The molecule has 2 aromatic heterocycles. The first kappa shape index (κ1) is 38.5. The normalized spacial score (nSPS) is 17.3. The summed E-state index contributed by atoms with van der Waals surface area (Å²) < 4.78 is 4.93. The van der Waals surface area contributed by atoms with Crippen LogP contribution in [-0.4, -0.2) is 23.2 Å². The minimum absolute atomic E-state index is 0.0659. The molecule has 0 saturated heterocycles. The third kappa shape index (κ3) is 5.49. The lowest BCUT2D eigenvalue weighted by atomic mass is 9.74. The van der Waals surface area contributed by atoms with Crippen molar-refractivity contribution >= 4 is 85.1 Å². The van der Waals surface area contributed by atoms with Crippen molar-refractivity contribution in [1.82, 2.24) is 9.13 Å². The lowest BCUT2D eigenvalue weighted by Crippen LogP contribution is -2.74. The molecule has 1 aliphatic heterocycles. The van der Waals surface area contributed by atoms with Gasteiger partial charge < -0.3 is 14.0 Å². The zero-order valence-electron chi connectivity index (χ0n) is 36.8. The molecule has 3 nitrogen and oxygen atoms in total. The molecule has 4 heteroatoms. The Morgan fingerprint density at radius 3 is 1.83 bits per heavy atom. The van der Waals surface area contributed by atoms with Crippen LogP contribution in [0.15, 0.2) is 237 Å². The van der Waals surface area contributed by atoms with Crippen LogP contribution in [0.1, 0.15) is 30.2 Å². The molecule has 13 rings (SSSR count). The average Bonchev–Trinajstić information content (AvgIpc) is 3.89. The number of allylic oxidation sites excluding steroid dienone is 4. The summed E-state index contributed by atoms with van der Waals surface area (Å²) in [6.07, 6.45) is 19.6. The van der Waals surface area contributed by atoms with Crippen molar-refractivity contribution in [2.24, 2.45) is 0 Å². The topological polar surface area (TPSA) is 13.1 Å². The van der Waals surface area contributed by atoms with Crippen LogP contribution in [0.2, 0.25) is 0 Å². The summed E-state index contributed by atoms with van der Waals surface area (Å²) in [7, 11) is -3.10. The molecule has 0 amide bonds. The number of hydrogen-bond donors (Lipinski definition) is 0. The molecule has 3 heterocycles. The summed E-state index contributed by atoms with van der Waals surface area (Å²) >= 11 is 0. The molecule has 2 aliphatic carbocycles. The van der Waals surface area contributed by atoms with E-state index in [1.807, 2.05) is 0 Å². The molecule has 0 N–H and O–H groups in total. The maximum atomic E-state index is 2.65. The van der Waals surface area contributed by atoms with Crippen LogP contribution >= 0.6 is 0 Å². The third-order valence-electron chi connectivity index (χ3n) is 14.7. The zero-order chi connectivity index (χ0) is 43.8. The Bertz CT molecular complexity index is 3590. The summed E-state index contributed by atoms with van der Waals surface area (Å²) in [5, 5.41) is 9.37. The number of hydrogen-bond acceptors (Lipinski definition) is 1. The minimum atomic E-state index is -3.10. The standard InChI is InChI=1S/C62H47N3Si/c1-62-42-20-19-39-58(62)65(56-41-40-55-60(61(56)62)51-33-15-6-16-35-53(51)64(55)45-25-9-3-10-26-45)46-27-21-32-49(43-46)66(47-28-11-4-12-29-47,48-30-13-5-14-31-48)57-38-22-37-54-59(57)50-34-17-18-36-52(50)63(54)44-23-7-2-8-24-44/h2-5,7-43,58H,6H2,1H3/t58?,62-/m1/s1. The fourth-order valence-corrected chi connectivity index (χ4v) is 17.0. The Labute approximate surface area is 386 Å². The molecule has 8 aromatic carbocycles. The molecule has 0 bridgehead atoms. The van der Waals surface area contributed by atoms with Crippen molar-refractivity contribution in [1.29, 1.82) is 0 Å². The first-order valence-electron chi connectivity index (χ1n) is 23.2. The van der Waals surface area contributed by atoms with E-state index in [0.29, 0.717) is 0 Å². The highest BCUT2D eigenvalue weighted by Gasteiger charge is 2.49. The predicted octanol–water partition coefficient (Wildman–Crippen LogP) is 12.4. The molecule has 2 atom stereocenters. The number of nitrogens with zero attached hydrogens (tertiary/aromatic N) is 3. The lowest BCUT2D eigenvalue weighted by Gasteiger charge is -2.37. The number of benzene rings is 8. The van der Waals surface area contributed by atoms with Crippen LogP contribution in [-0.2, 0) is 5.41 Å². The fourth-order valence-electron chi connectivity index (χ4n) is 12.0. The van der Waals surface area contributed by atoms with Crippen LogP contribution in [0.3, 0.4) is 0 Å². The van der Waals surface area contributed by atoms with Crippen LogP contribution in [0.25, 0.3) is 56.2 Å². The van der Waals surface area contributed by atoms with Gasteiger partial charge in [0.05, 0.1) is 28.3 Å². The Hall–Kier alpha value is -7.92. The van der Waals surface area contributed by atoms with Gasteiger partial charge in [0.2, 0.25) is 0 Å². The molecule has 66 heavy (non-hydrogen) atoms. The Morgan fingerprint density at radius 2 is 1.09 bits per heavy atom. The van der Waals surface area contributed by atoms with Crippen LogP contribution in [0.4, 0.5) is 11.4 Å². The Kier molecular flexibility index (Phi) is 8.81. The van der Waals surface area contributed by atoms with E-state index in [2.05, 4.69) is 270 Å². The van der Waals surface area contributed by atoms with Gasteiger partial charge >= 0.3 is 0 Å². The fraction of sp³-hybridized carbons (Fsp3) is 0.0645. The smallest absolute Gasteiger partial charge is 0.180 e. The van der Waals surface area contributed by atoms with Gasteiger partial charge in [-0.3, -0.25) is 0 Å². The van der Waals surface area contributed by atoms with E-state index in [0.717, 1.165) is 12.1 Å². The molecular formula is C62H47N3Si. The molecule has 0 fully saturated rings. The Morgan fingerprint density at radius 1 is 0.500 bits per heavy atom. The maximum Gasteiger partial charge on any atom is 0.180 e. The van der Waals surface area contributed by atoms with E-state index in [1.165, 1.54) is 87.3 Å². The van der Waals surface area contributed by atoms with E-state index in [-0.39, 0.29) is 11.5 Å². The van der Waals surface area contributed by atoms with E-state index < -0.39 is 8.07 Å². The highest BCUT2D eigenvalue weighted by atomic mass is 28.3. The van der Waals surface area contributed by atoms with Crippen molar-refractivity contribution in [3.63, 3.8) is 0 Å².